The Morgan fingerprint density at radius 3 is 2.75 bits per heavy atom. The van der Waals surface area contributed by atoms with Gasteiger partial charge < -0.3 is 0 Å². The number of sulfonamides is 1. The fourth-order valence-corrected chi connectivity index (χ4v) is 3.36. The molecule has 0 spiro atoms. The van der Waals surface area contributed by atoms with Gasteiger partial charge in [-0.2, -0.15) is 0 Å². The van der Waals surface area contributed by atoms with Gasteiger partial charge in [-0.1, -0.05) is 22.9 Å². The summed E-state index contributed by atoms with van der Waals surface area (Å²) in [6, 6.07) is 0. The molecular formula is C7H14BrNO2S. The third-order valence-electron chi connectivity index (χ3n) is 2.15. The molecule has 0 aromatic carbocycles. The SMILES string of the molecule is C[C@H]1CCCN(S(=O)(=O)CBr)C1. The van der Waals surface area contributed by atoms with E-state index in [1.807, 2.05) is 0 Å². The van der Waals surface area contributed by atoms with Crippen LogP contribution in [0.1, 0.15) is 19.8 Å². The zero-order chi connectivity index (χ0) is 9.19. The van der Waals surface area contributed by atoms with Crippen LogP contribution >= 0.6 is 15.9 Å². The number of rotatable bonds is 2. The second kappa shape index (κ2) is 4.07. The van der Waals surface area contributed by atoms with Crippen LogP contribution in [0.3, 0.4) is 0 Å². The molecule has 1 aliphatic heterocycles. The summed E-state index contributed by atoms with van der Waals surface area (Å²) in [4.78, 5) is 0. The lowest BCUT2D eigenvalue weighted by molar-refractivity contribution is 0.282. The van der Waals surface area contributed by atoms with Crippen LogP contribution in [-0.4, -0.2) is 30.5 Å². The van der Waals surface area contributed by atoms with Crippen LogP contribution in [-0.2, 0) is 10.0 Å². The predicted octanol–water partition coefficient (Wildman–Crippen LogP) is 1.40. The van der Waals surface area contributed by atoms with E-state index in [4.69, 9.17) is 0 Å². The third-order valence-corrected chi connectivity index (χ3v) is 5.28. The molecular weight excluding hydrogens is 242 g/mol. The van der Waals surface area contributed by atoms with E-state index in [1.165, 1.54) is 0 Å². The fraction of sp³-hybridized carbons (Fsp3) is 1.00. The highest BCUT2D eigenvalue weighted by Crippen LogP contribution is 2.19. The number of nitrogens with zero attached hydrogens (tertiary/aromatic N) is 1. The van der Waals surface area contributed by atoms with Crippen molar-refractivity contribution in [2.45, 2.75) is 19.8 Å². The summed E-state index contributed by atoms with van der Waals surface area (Å²) in [6.07, 6.45) is 2.14. The maximum Gasteiger partial charge on any atom is 0.224 e. The number of alkyl halides is 1. The van der Waals surface area contributed by atoms with E-state index in [1.54, 1.807) is 4.31 Å². The molecule has 0 aromatic rings. The highest BCUT2D eigenvalue weighted by atomic mass is 79.9. The van der Waals surface area contributed by atoms with Gasteiger partial charge in [0.2, 0.25) is 10.0 Å². The lowest BCUT2D eigenvalue weighted by Crippen LogP contribution is -2.39. The highest BCUT2D eigenvalue weighted by molar-refractivity contribution is 9.10. The summed E-state index contributed by atoms with van der Waals surface area (Å²) in [5.41, 5.74) is 0. The van der Waals surface area contributed by atoms with Crippen LogP contribution in [0.15, 0.2) is 0 Å². The standard InChI is InChI=1S/C7H14BrNO2S/c1-7-3-2-4-9(5-7)12(10,11)6-8/h7H,2-6H2,1H3/t7-/m0/s1. The van der Waals surface area contributed by atoms with Gasteiger partial charge in [-0.3, -0.25) is 0 Å². The molecule has 1 aliphatic rings. The number of hydrogen-bond acceptors (Lipinski definition) is 2. The van der Waals surface area contributed by atoms with Crippen molar-refractivity contribution in [3.63, 3.8) is 0 Å². The second-order valence-corrected chi connectivity index (χ2v) is 6.60. The molecule has 0 amide bonds. The Balaban J connectivity index is 2.63. The zero-order valence-corrected chi connectivity index (χ0v) is 9.57. The molecule has 0 saturated carbocycles. The van der Waals surface area contributed by atoms with Crippen molar-refractivity contribution in [1.82, 2.24) is 4.31 Å². The van der Waals surface area contributed by atoms with Crippen molar-refractivity contribution < 1.29 is 8.42 Å². The first-order valence-electron chi connectivity index (χ1n) is 4.10. The Hall–Kier alpha value is 0.390. The van der Waals surface area contributed by atoms with E-state index in [2.05, 4.69) is 22.9 Å². The smallest absolute Gasteiger partial charge is 0.211 e. The summed E-state index contributed by atoms with van der Waals surface area (Å²) in [7, 11) is -3.00. The van der Waals surface area contributed by atoms with E-state index in [0.29, 0.717) is 19.0 Å². The second-order valence-electron chi connectivity index (χ2n) is 3.33. The van der Waals surface area contributed by atoms with Gasteiger partial charge in [0.25, 0.3) is 0 Å². The molecule has 72 valence electrons. The van der Waals surface area contributed by atoms with Gasteiger partial charge in [-0.15, -0.1) is 0 Å². The van der Waals surface area contributed by atoms with Crippen LogP contribution in [0.2, 0.25) is 0 Å². The summed E-state index contributed by atoms with van der Waals surface area (Å²) < 4.78 is 24.4. The van der Waals surface area contributed by atoms with Gasteiger partial charge in [0.15, 0.2) is 0 Å². The van der Waals surface area contributed by atoms with Crippen molar-refractivity contribution in [2.24, 2.45) is 5.92 Å². The molecule has 1 atom stereocenters. The lowest BCUT2D eigenvalue weighted by atomic mass is 10.0. The zero-order valence-electron chi connectivity index (χ0n) is 7.16. The topological polar surface area (TPSA) is 37.4 Å². The minimum Gasteiger partial charge on any atom is -0.211 e. The minimum atomic E-state index is -3.00. The molecule has 5 heteroatoms. The molecule has 0 radical (unpaired) electrons. The average Bonchev–Trinajstić information content (AvgIpc) is 2.05. The molecule has 0 aromatic heterocycles. The van der Waals surface area contributed by atoms with Crippen molar-refractivity contribution in [2.75, 3.05) is 17.8 Å². The van der Waals surface area contributed by atoms with Gasteiger partial charge in [0.05, 0.1) is 0 Å². The van der Waals surface area contributed by atoms with Gasteiger partial charge in [-0.05, 0) is 18.8 Å². The molecule has 0 N–H and O–H groups in total. The number of hydrogen-bond donors (Lipinski definition) is 0. The van der Waals surface area contributed by atoms with Crippen LogP contribution in [0, 0.1) is 5.92 Å². The Kier molecular flexibility index (Phi) is 3.55. The number of piperidine rings is 1. The summed E-state index contributed by atoms with van der Waals surface area (Å²) in [5, 5.41) is 0. The first-order chi connectivity index (χ1) is 5.56. The maximum absolute atomic E-state index is 11.4. The van der Waals surface area contributed by atoms with Crippen molar-refractivity contribution in [1.29, 1.82) is 0 Å². The van der Waals surface area contributed by atoms with Crippen LogP contribution in [0.25, 0.3) is 0 Å². The van der Waals surface area contributed by atoms with Crippen molar-refractivity contribution >= 4 is 26.0 Å². The van der Waals surface area contributed by atoms with E-state index < -0.39 is 10.0 Å². The van der Waals surface area contributed by atoms with Gasteiger partial charge >= 0.3 is 0 Å². The molecule has 1 heterocycles. The van der Waals surface area contributed by atoms with E-state index >= 15 is 0 Å². The van der Waals surface area contributed by atoms with E-state index in [-0.39, 0.29) is 4.66 Å². The predicted molar refractivity (Wildman–Crippen MR) is 52.7 cm³/mol. The Morgan fingerprint density at radius 1 is 1.58 bits per heavy atom. The third kappa shape index (κ3) is 2.44. The normalized spacial score (nSPS) is 27.3. The largest absolute Gasteiger partial charge is 0.224 e. The number of halogens is 1. The molecule has 0 unspecified atom stereocenters. The van der Waals surface area contributed by atoms with E-state index in [0.717, 1.165) is 12.8 Å². The minimum absolute atomic E-state index is 0.0483. The van der Waals surface area contributed by atoms with Crippen LogP contribution in [0.5, 0.6) is 0 Å². The van der Waals surface area contributed by atoms with Crippen LogP contribution < -0.4 is 0 Å². The molecule has 0 aliphatic carbocycles. The molecule has 1 fully saturated rings. The summed E-state index contributed by atoms with van der Waals surface area (Å²) in [5.74, 6) is 0.507. The fourth-order valence-electron chi connectivity index (χ4n) is 1.47. The molecule has 1 rings (SSSR count). The average molecular weight is 256 g/mol. The quantitative estimate of drug-likeness (QED) is 0.700. The Labute approximate surface area is 82.3 Å². The van der Waals surface area contributed by atoms with E-state index in [9.17, 15) is 8.42 Å². The monoisotopic (exact) mass is 255 g/mol. The first kappa shape index (κ1) is 10.5. The van der Waals surface area contributed by atoms with Gasteiger partial charge in [0.1, 0.15) is 4.66 Å². The first-order valence-corrected chi connectivity index (χ1v) is 6.83. The molecule has 3 nitrogen and oxygen atoms in total. The van der Waals surface area contributed by atoms with Gasteiger partial charge in [-0.25, -0.2) is 12.7 Å². The molecule has 1 saturated heterocycles. The Morgan fingerprint density at radius 2 is 2.25 bits per heavy atom. The highest BCUT2D eigenvalue weighted by Gasteiger charge is 2.25. The van der Waals surface area contributed by atoms with Gasteiger partial charge in [0, 0.05) is 13.1 Å². The molecule has 12 heavy (non-hydrogen) atoms. The summed E-state index contributed by atoms with van der Waals surface area (Å²) >= 11 is 3.00. The van der Waals surface area contributed by atoms with Crippen molar-refractivity contribution in [3.05, 3.63) is 0 Å². The summed E-state index contributed by atoms with van der Waals surface area (Å²) in [6.45, 7) is 3.47. The maximum atomic E-state index is 11.4. The lowest BCUT2D eigenvalue weighted by Gasteiger charge is -2.29. The molecule has 0 bridgehead atoms. The van der Waals surface area contributed by atoms with Crippen LogP contribution in [0.4, 0.5) is 0 Å². The van der Waals surface area contributed by atoms with Crippen molar-refractivity contribution in [3.8, 4) is 0 Å². The Bertz CT molecular complexity index is 240.